The van der Waals surface area contributed by atoms with E-state index in [1.807, 2.05) is 0 Å². The molecule has 0 aromatic carbocycles. The molecule has 0 aliphatic heterocycles. The molecule has 0 bridgehead atoms. The zero-order valence-electron chi connectivity index (χ0n) is 13.8. The lowest BCUT2D eigenvalue weighted by Crippen LogP contribution is -2.03. The molecule has 0 aliphatic carbocycles. The van der Waals surface area contributed by atoms with Crippen LogP contribution in [0.5, 0.6) is 0 Å². The van der Waals surface area contributed by atoms with E-state index in [0.29, 0.717) is 25.0 Å². The molecule has 0 rings (SSSR count). The first-order chi connectivity index (χ1) is 8.69. The molecule has 2 atom stereocenters. The van der Waals surface area contributed by atoms with Crippen molar-refractivity contribution in [2.24, 2.45) is 11.8 Å². The monoisotopic (exact) mass is 284 g/mol. The van der Waals surface area contributed by atoms with Crippen LogP contribution in [0.2, 0.25) is 0 Å². The maximum atomic E-state index is 8.75. The van der Waals surface area contributed by atoms with Crippen LogP contribution in [-0.2, 0) is 0 Å². The highest BCUT2D eigenvalue weighted by molar-refractivity contribution is 5.75. The summed E-state index contributed by atoms with van der Waals surface area (Å²) in [5.74, 6) is 1.12. The molecule has 0 aliphatic rings. The minimum absolute atomic E-state index is 0. The summed E-state index contributed by atoms with van der Waals surface area (Å²) in [5, 5.41) is 17.5. The predicted molar refractivity (Wildman–Crippen MR) is 86.5 cm³/mol. The van der Waals surface area contributed by atoms with Gasteiger partial charge in [-0.1, -0.05) is 66.2 Å². The van der Waals surface area contributed by atoms with Gasteiger partial charge in [0.1, 0.15) is 0 Å². The average Bonchev–Trinajstić information content (AvgIpc) is 2.42. The summed E-state index contributed by atoms with van der Waals surface area (Å²) < 4.78 is 0. The van der Waals surface area contributed by atoms with Crippen LogP contribution in [0.25, 0.3) is 0 Å². The molecule has 2 radical (unpaired) electrons. The van der Waals surface area contributed by atoms with Crippen molar-refractivity contribution in [3.63, 3.8) is 0 Å². The van der Waals surface area contributed by atoms with Gasteiger partial charge in [0, 0.05) is 36.3 Å². The second-order valence-electron chi connectivity index (χ2n) is 5.20. The molecule has 0 spiro atoms. The van der Waals surface area contributed by atoms with Crippen molar-refractivity contribution in [1.82, 2.24) is 0 Å². The van der Waals surface area contributed by atoms with Crippen LogP contribution < -0.4 is 0 Å². The Kier molecular flexibility index (Phi) is 27.3. The third-order valence-electron chi connectivity index (χ3n) is 3.60. The number of aliphatic hydroxyl groups is 2. The Labute approximate surface area is 137 Å². The molecule has 0 saturated carbocycles. The van der Waals surface area contributed by atoms with Crippen LogP contribution in [0, 0.1) is 11.8 Å². The number of rotatable bonds is 10. The molecule has 19 heavy (non-hydrogen) atoms. The van der Waals surface area contributed by atoms with Gasteiger partial charge in [0.15, 0.2) is 0 Å². The van der Waals surface area contributed by atoms with Crippen molar-refractivity contribution in [3.05, 3.63) is 0 Å². The second kappa shape index (κ2) is 21.0. The van der Waals surface area contributed by atoms with E-state index < -0.39 is 0 Å². The van der Waals surface area contributed by atoms with E-state index in [1.54, 1.807) is 0 Å². The van der Waals surface area contributed by atoms with Gasteiger partial charge in [-0.05, 0) is 24.7 Å². The summed E-state index contributed by atoms with van der Waals surface area (Å²) in [7, 11) is 0. The summed E-state index contributed by atoms with van der Waals surface area (Å²) in [5.41, 5.74) is 0. The first-order valence-corrected chi connectivity index (χ1v) is 7.91. The lowest BCUT2D eigenvalue weighted by molar-refractivity contribution is 0.212. The van der Waals surface area contributed by atoms with Crippen molar-refractivity contribution >= 4 is 23.1 Å². The fourth-order valence-electron chi connectivity index (χ4n) is 1.83. The van der Waals surface area contributed by atoms with E-state index in [1.165, 1.54) is 38.5 Å². The largest absolute Gasteiger partial charge is 0.396 e. The summed E-state index contributed by atoms with van der Waals surface area (Å²) in [6.07, 6.45) is 9.66. The van der Waals surface area contributed by atoms with E-state index in [4.69, 9.17) is 10.2 Å². The fourth-order valence-corrected chi connectivity index (χ4v) is 1.83. The highest BCUT2D eigenvalue weighted by Crippen LogP contribution is 2.11. The predicted octanol–water partition coefficient (Wildman–Crippen LogP) is 4.01. The van der Waals surface area contributed by atoms with E-state index in [2.05, 4.69) is 27.7 Å². The number of hydrogen-bond donors (Lipinski definition) is 2. The minimum Gasteiger partial charge on any atom is -0.396 e. The van der Waals surface area contributed by atoms with Crippen molar-refractivity contribution < 1.29 is 10.2 Å². The summed E-state index contributed by atoms with van der Waals surface area (Å²) in [6, 6.07) is 0. The molecule has 3 heteroatoms. The van der Waals surface area contributed by atoms with Crippen LogP contribution in [-0.4, -0.2) is 46.5 Å². The van der Waals surface area contributed by atoms with Crippen LogP contribution in [0.15, 0.2) is 0 Å². The normalized spacial score (nSPS) is 12.9. The molecule has 0 aromatic rings. The first kappa shape index (κ1) is 24.7. The van der Waals surface area contributed by atoms with Gasteiger partial charge in [-0.15, -0.1) is 0 Å². The van der Waals surface area contributed by atoms with E-state index in [9.17, 15) is 0 Å². The molecule has 2 N–H and O–H groups in total. The Morgan fingerprint density at radius 3 is 1.16 bits per heavy atom. The Balaban J connectivity index is -0.000000256. The fraction of sp³-hybridized carbons (Fsp3) is 1.00. The van der Waals surface area contributed by atoms with Crippen molar-refractivity contribution in [1.29, 1.82) is 0 Å². The standard InChI is InChI=1S/2C8H18O.Mg/c2*1-3-5-6-8(4-2)7-9;/h2*8-9H,3-7H2,1-2H3;. The van der Waals surface area contributed by atoms with Gasteiger partial charge in [-0.2, -0.15) is 0 Å². The first-order valence-electron chi connectivity index (χ1n) is 7.91. The zero-order chi connectivity index (χ0) is 14.2. The zero-order valence-corrected chi connectivity index (χ0v) is 15.2. The SMILES string of the molecule is CCCCC(CC)CO.CCCCC(CC)CO.[Mg]. The molecular formula is C16H36MgO2. The van der Waals surface area contributed by atoms with Gasteiger partial charge >= 0.3 is 0 Å². The highest BCUT2D eigenvalue weighted by atomic mass is 24.3. The Bertz CT molecular complexity index is 119. The Morgan fingerprint density at radius 2 is 1.00 bits per heavy atom. The van der Waals surface area contributed by atoms with Gasteiger partial charge in [0.2, 0.25) is 0 Å². The number of aliphatic hydroxyl groups excluding tert-OH is 2. The van der Waals surface area contributed by atoms with Crippen LogP contribution in [0.4, 0.5) is 0 Å². The summed E-state index contributed by atoms with van der Waals surface area (Å²) in [4.78, 5) is 0. The van der Waals surface area contributed by atoms with E-state index in [0.717, 1.165) is 12.8 Å². The topological polar surface area (TPSA) is 40.5 Å². The van der Waals surface area contributed by atoms with Gasteiger partial charge in [-0.25, -0.2) is 0 Å². The molecule has 0 heterocycles. The van der Waals surface area contributed by atoms with Crippen LogP contribution >= 0.6 is 0 Å². The summed E-state index contributed by atoms with van der Waals surface area (Å²) in [6.45, 7) is 9.38. The molecule has 114 valence electrons. The van der Waals surface area contributed by atoms with Gasteiger partial charge in [0.05, 0.1) is 0 Å². The van der Waals surface area contributed by atoms with E-state index >= 15 is 0 Å². The third-order valence-corrected chi connectivity index (χ3v) is 3.60. The van der Waals surface area contributed by atoms with Gasteiger partial charge < -0.3 is 10.2 Å². The lowest BCUT2D eigenvalue weighted by atomic mass is 10.0. The molecule has 0 fully saturated rings. The Morgan fingerprint density at radius 1 is 0.684 bits per heavy atom. The number of hydrogen-bond acceptors (Lipinski definition) is 2. The Hall–Kier alpha value is 0.686. The second-order valence-corrected chi connectivity index (χ2v) is 5.20. The van der Waals surface area contributed by atoms with Crippen molar-refractivity contribution in [2.45, 2.75) is 79.1 Å². The van der Waals surface area contributed by atoms with Crippen LogP contribution in [0.1, 0.15) is 79.1 Å². The molecule has 2 nitrogen and oxygen atoms in total. The van der Waals surface area contributed by atoms with Crippen LogP contribution in [0.3, 0.4) is 0 Å². The lowest BCUT2D eigenvalue weighted by Gasteiger charge is -2.08. The molecule has 0 aromatic heterocycles. The van der Waals surface area contributed by atoms with Gasteiger partial charge in [-0.3, -0.25) is 0 Å². The van der Waals surface area contributed by atoms with Crippen molar-refractivity contribution in [3.8, 4) is 0 Å². The maximum Gasteiger partial charge on any atom is 0.0459 e. The molecular weight excluding hydrogens is 248 g/mol. The molecule has 0 saturated heterocycles. The summed E-state index contributed by atoms with van der Waals surface area (Å²) >= 11 is 0. The van der Waals surface area contributed by atoms with E-state index in [-0.39, 0.29) is 23.1 Å². The quantitative estimate of drug-likeness (QED) is 0.595. The third kappa shape index (κ3) is 18.7. The molecule has 2 unspecified atom stereocenters. The highest BCUT2D eigenvalue weighted by Gasteiger charge is 2.02. The smallest absolute Gasteiger partial charge is 0.0459 e. The minimum atomic E-state index is 0. The van der Waals surface area contributed by atoms with Gasteiger partial charge in [0.25, 0.3) is 0 Å². The average molecular weight is 285 g/mol. The van der Waals surface area contributed by atoms with Crippen molar-refractivity contribution in [2.75, 3.05) is 13.2 Å². The molecule has 0 amide bonds. The maximum absolute atomic E-state index is 8.75. The number of unbranched alkanes of at least 4 members (excludes halogenated alkanes) is 2.